The molecule has 0 atom stereocenters. The van der Waals surface area contributed by atoms with Crippen LogP contribution in [0, 0.1) is 11.6 Å². The van der Waals surface area contributed by atoms with E-state index in [9.17, 15) is 8.78 Å². The van der Waals surface area contributed by atoms with E-state index in [-0.39, 0.29) is 0 Å². The quantitative estimate of drug-likeness (QED) is 0.668. The predicted molar refractivity (Wildman–Crippen MR) is 73.6 cm³/mol. The summed E-state index contributed by atoms with van der Waals surface area (Å²) in [6.07, 6.45) is 0. The number of nitrogen functional groups attached to an aromatic ring is 1. The first-order valence-electron chi connectivity index (χ1n) is 5.44. The molecule has 19 heavy (non-hydrogen) atoms. The Balaban J connectivity index is 2.23. The maximum absolute atomic E-state index is 13.2. The van der Waals surface area contributed by atoms with Gasteiger partial charge in [-0.15, -0.1) is 0 Å². The summed E-state index contributed by atoms with van der Waals surface area (Å²) >= 11 is 3.32. The second-order valence-electron chi connectivity index (χ2n) is 4.13. The molecule has 0 fully saturated rings. The summed E-state index contributed by atoms with van der Waals surface area (Å²) in [6, 6.07) is 6.77. The topological polar surface area (TPSA) is 54.7 Å². The number of aromatic amines is 1. The van der Waals surface area contributed by atoms with Gasteiger partial charge in [0.1, 0.15) is 23.0 Å². The van der Waals surface area contributed by atoms with Crippen molar-refractivity contribution in [2.24, 2.45) is 0 Å². The Labute approximate surface area is 115 Å². The van der Waals surface area contributed by atoms with Gasteiger partial charge in [-0.1, -0.05) is 15.9 Å². The first-order valence-corrected chi connectivity index (χ1v) is 6.23. The zero-order valence-corrected chi connectivity index (χ0v) is 11.1. The average Bonchev–Trinajstić information content (AvgIpc) is 2.71. The van der Waals surface area contributed by atoms with Gasteiger partial charge in [0, 0.05) is 16.1 Å². The third kappa shape index (κ3) is 2.19. The Morgan fingerprint density at radius 3 is 2.42 bits per heavy atom. The first-order chi connectivity index (χ1) is 9.02. The van der Waals surface area contributed by atoms with E-state index >= 15 is 0 Å². The number of nitrogens with zero attached hydrogens (tertiary/aromatic N) is 1. The van der Waals surface area contributed by atoms with Gasteiger partial charge in [0.25, 0.3) is 0 Å². The number of aromatic nitrogens is 2. The molecule has 2 aromatic carbocycles. The van der Waals surface area contributed by atoms with Crippen LogP contribution in [0.2, 0.25) is 0 Å². The van der Waals surface area contributed by atoms with Gasteiger partial charge in [-0.05, 0) is 24.3 Å². The summed E-state index contributed by atoms with van der Waals surface area (Å²) in [5.41, 5.74) is 7.95. The number of rotatable bonds is 1. The largest absolute Gasteiger partial charge is 0.397 e. The maximum atomic E-state index is 13.2. The molecular formula is C13H8BrF2N3. The zero-order valence-electron chi connectivity index (χ0n) is 9.55. The summed E-state index contributed by atoms with van der Waals surface area (Å²) < 4.78 is 27.2. The standard InChI is InChI=1S/C13H8BrF2N3/c14-7-3-10(17)12-11(4-7)18-13(19-12)6-1-8(15)5-9(16)2-6/h1-5H,17H2,(H,18,19). The minimum absolute atomic E-state index is 0.337. The lowest BCUT2D eigenvalue weighted by molar-refractivity contribution is 0.584. The SMILES string of the molecule is Nc1cc(Br)cc2[nH]c(-c3cc(F)cc(F)c3)nc12. The van der Waals surface area contributed by atoms with E-state index in [4.69, 9.17) is 5.73 Å². The highest BCUT2D eigenvalue weighted by molar-refractivity contribution is 9.10. The fourth-order valence-corrected chi connectivity index (χ4v) is 2.41. The molecular weight excluding hydrogens is 316 g/mol. The summed E-state index contributed by atoms with van der Waals surface area (Å²) in [7, 11) is 0. The van der Waals surface area contributed by atoms with Crippen LogP contribution in [-0.2, 0) is 0 Å². The molecule has 0 saturated heterocycles. The molecule has 0 aliphatic carbocycles. The molecule has 0 bridgehead atoms. The number of H-pyrrole nitrogens is 1. The van der Waals surface area contributed by atoms with E-state index in [0.29, 0.717) is 28.1 Å². The lowest BCUT2D eigenvalue weighted by Crippen LogP contribution is -1.87. The number of benzene rings is 2. The van der Waals surface area contributed by atoms with Crippen LogP contribution in [0.4, 0.5) is 14.5 Å². The number of nitrogens with one attached hydrogen (secondary N) is 1. The summed E-state index contributed by atoms with van der Waals surface area (Å²) in [5.74, 6) is -0.924. The van der Waals surface area contributed by atoms with E-state index in [1.165, 1.54) is 12.1 Å². The summed E-state index contributed by atoms with van der Waals surface area (Å²) in [5, 5.41) is 0. The summed E-state index contributed by atoms with van der Waals surface area (Å²) in [4.78, 5) is 7.26. The molecule has 3 aromatic rings. The van der Waals surface area contributed by atoms with Gasteiger partial charge in [0.15, 0.2) is 0 Å². The lowest BCUT2D eigenvalue weighted by Gasteiger charge is -1.97. The molecule has 96 valence electrons. The Morgan fingerprint density at radius 1 is 1.05 bits per heavy atom. The van der Waals surface area contributed by atoms with E-state index in [1.54, 1.807) is 12.1 Å². The monoisotopic (exact) mass is 323 g/mol. The Kier molecular flexibility index (Phi) is 2.74. The zero-order chi connectivity index (χ0) is 13.6. The summed E-state index contributed by atoms with van der Waals surface area (Å²) in [6.45, 7) is 0. The highest BCUT2D eigenvalue weighted by Gasteiger charge is 2.10. The van der Waals surface area contributed by atoms with E-state index < -0.39 is 11.6 Å². The third-order valence-corrected chi connectivity index (χ3v) is 3.17. The van der Waals surface area contributed by atoms with Crippen molar-refractivity contribution in [1.82, 2.24) is 9.97 Å². The van der Waals surface area contributed by atoms with Crippen LogP contribution < -0.4 is 5.73 Å². The molecule has 3 nitrogen and oxygen atoms in total. The van der Waals surface area contributed by atoms with Gasteiger partial charge in [0.2, 0.25) is 0 Å². The van der Waals surface area contributed by atoms with Crippen LogP contribution in [0.1, 0.15) is 0 Å². The van der Waals surface area contributed by atoms with Gasteiger partial charge < -0.3 is 10.7 Å². The molecule has 0 aliphatic heterocycles. The van der Waals surface area contributed by atoms with Crippen molar-refractivity contribution in [2.75, 3.05) is 5.73 Å². The second kappa shape index (κ2) is 4.31. The van der Waals surface area contributed by atoms with E-state index in [2.05, 4.69) is 25.9 Å². The van der Waals surface area contributed by atoms with Crippen LogP contribution in [0.15, 0.2) is 34.8 Å². The van der Waals surface area contributed by atoms with Crippen molar-refractivity contribution in [3.8, 4) is 11.4 Å². The van der Waals surface area contributed by atoms with Gasteiger partial charge in [-0.2, -0.15) is 0 Å². The molecule has 1 aromatic heterocycles. The number of anilines is 1. The third-order valence-electron chi connectivity index (χ3n) is 2.72. The number of hydrogen-bond donors (Lipinski definition) is 2. The van der Waals surface area contributed by atoms with Crippen LogP contribution >= 0.6 is 15.9 Å². The highest BCUT2D eigenvalue weighted by Crippen LogP contribution is 2.28. The van der Waals surface area contributed by atoms with Crippen LogP contribution in [-0.4, -0.2) is 9.97 Å². The average molecular weight is 324 g/mol. The van der Waals surface area contributed by atoms with Crippen molar-refractivity contribution in [3.63, 3.8) is 0 Å². The fraction of sp³-hybridized carbons (Fsp3) is 0. The van der Waals surface area contributed by atoms with Crippen LogP contribution in [0.25, 0.3) is 22.4 Å². The van der Waals surface area contributed by atoms with Crippen molar-refractivity contribution in [3.05, 3.63) is 46.4 Å². The van der Waals surface area contributed by atoms with E-state index in [0.717, 1.165) is 10.5 Å². The Morgan fingerprint density at radius 2 is 1.74 bits per heavy atom. The van der Waals surface area contributed by atoms with Gasteiger partial charge >= 0.3 is 0 Å². The Hall–Kier alpha value is -1.95. The van der Waals surface area contributed by atoms with Gasteiger partial charge in [-0.25, -0.2) is 13.8 Å². The molecule has 1 heterocycles. The minimum Gasteiger partial charge on any atom is -0.397 e. The van der Waals surface area contributed by atoms with Gasteiger partial charge in [-0.3, -0.25) is 0 Å². The number of fused-ring (bicyclic) bond motifs is 1. The number of hydrogen-bond acceptors (Lipinski definition) is 2. The number of halogens is 3. The van der Waals surface area contributed by atoms with Gasteiger partial charge in [0.05, 0.1) is 11.2 Å². The fourth-order valence-electron chi connectivity index (χ4n) is 1.93. The van der Waals surface area contributed by atoms with Crippen molar-refractivity contribution >= 4 is 32.7 Å². The molecule has 0 amide bonds. The second-order valence-corrected chi connectivity index (χ2v) is 5.05. The predicted octanol–water partition coefficient (Wildman–Crippen LogP) is 3.85. The van der Waals surface area contributed by atoms with Crippen LogP contribution in [0.3, 0.4) is 0 Å². The molecule has 0 spiro atoms. The highest BCUT2D eigenvalue weighted by atomic mass is 79.9. The van der Waals surface area contributed by atoms with Crippen molar-refractivity contribution in [2.45, 2.75) is 0 Å². The number of imidazole rings is 1. The number of nitrogens with two attached hydrogens (primary N) is 1. The van der Waals surface area contributed by atoms with Crippen LogP contribution in [0.5, 0.6) is 0 Å². The minimum atomic E-state index is -0.649. The smallest absolute Gasteiger partial charge is 0.138 e. The van der Waals surface area contributed by atoms with E-state index in [1.807, 2.05) is 0 Å². The molecule has 6 heteroatoms. The van der Waals surface area contributed by atoms with Crippen molar-refractivity contribution < 1.29 is 8.78 Å². The lowest BCUT2D eigenvalue weighted by atomic mass is 10.2. The molecule has 0 aliphatic rings. The molecule has 0 radical (unpaired) electrons. The normalized spacial score (nSPS) is 11.1. The first kappa shape index (κ1) is 12.1. The molecule has 3 rings (SSSR count). The molecule has 0 unspecified atom stereocenters. The molecule has 0 saturated carbocycles. The maximum Gasteiger partial charge on any atom is 0.138 e. The Bertz CT molecular complexity index is 763. The van der Waals surface area contributed by atoms with Crippen molar-refractivity contribution in [1.29, 1.82) is 0 Å². The molecule has 3 N–H and O–H groups in total.